The molecule has 0 aromatic heterocycles. The van der Waals surface area contributed by atoms with Gasteiger partial charge in [-0.3, -0.25) is 0 Å². The maximum absolute atomic E-state index is 9.33. The Labute approximate surface area is 134 Å². The minimum atomic E-state index is -0.0348. The Balaban J connectivity index is 0.00000220. The van der Waals surface area contributed by atoms with Crippen LogP contribution in [0.25, 0.3) is 0 Å². The van der Waals surface area contributed by atoms with Crippen LogP contribution in [0.3, 0.4) is 0 Å². The second kappa shape index (κ2) is 7.15. The van der Waals surface area contributed by atoms with Crippen LogP contribution in [0.5, 0.6) is 5.75 Å². The highest BCUT2D eigenvalue weighted by molar-refractivity contribution is 5.34. The highest BCUT2D eigenvalue weighted by Crippen LogP contribution is 2.44. The summed E-state index contributed by atoms with van der Waals surface area (Å²) in [6, 6.07) is 11.2. The van der Waals surface area contributed by atoms with Crippen LogP contribution in [-0.4, -0.2) is 31.6 Å². The summed E-state index contributed by atoms with van der Waals surface area (Å²) in [4.78, 5) is 2.39. The van der Waals surface area contributed by atoms with Gasteiger partial charge in [-0.1, -0.05) is 19.1 Å². The summed E-state index contributed by atoms with van der Waals surface area (Å²) < 4.78 is 5.24. The van der Waals surface area contributed by atoms with Gasteiger partial charge in [0.1, 0.15) is 5.75 Å². The van der Waals surface area contributed by atoms with Crippen LogP contribution in [0.1, 0.15) is 32.3 Å². The summed E-state index contributed by atoms with van der Waals surface area (Å²) in [5.74, 6) is 1.34. The van der Waals surface area contributed by atoms with E-state index in [0.29, 0.717) is 18.4 Å². The molecule has 21 heavy (non-hydrogen) atoms. The molecule has 1 heterocycles. The molecule has 1 aromatic carbocycles. The summed E-state index contributed by atoms with van der Waals surface area (Å²) in [6.07, 6.45) is 1.61. The molecule has 0 saturated carbocycles. The lowest BCUT2D eigenvalue weighted by Crippen LogP contribution is -3.00. The molecule has 3 atom stereocenters. The van der Waals surface area contributed by atoms with E-state index in [4.69, 9.17) is 4.74 Å². The van der Waals surface area contributed by atoms with E-state index >= 15 is 0 Å². The van der Waals surface area contributed by atoms with E-state index < -0.39 is 0 Å². The lowest BCUT2D eigenvalue weighted by atomic mass is 9.63. The zero-order chi connectivity index (χ0) is 14.8. The van der Waals surface area contributed by atoms with Crippen LogP contribution >= 0.6 is 0 Å². The van der Waals surface area contributed by atoms with Crippen LogP contribution in [0.2, 0.25) is 0 Å². The highest BCUT2D eigenvalue weighted by Gasteiger charge is 2.43. The summed E-state index contributed by atoms with van der Waals surface area (Å²) in [6.45, 7) is 5.56. The molecular formula is C17H24ClN2O-. The SMILES string of the molecule is COc1ccc(C2(CC#N)CC(C)N(C)CC2C)cc1.[Cl-]. The fourth-order valence-corrected chi connectivity index (χ4v) is 3.49. The van der Waals surface area contributed by atoms with Crippen LogP contribution in [0.4, 0.5) is 0 Å². The molecule has 0 aliphatic carbocycles. The van der Waals surface area contributed by atoms with Crippen molar-refractivity contribution in [3.63, 3.8) is 0 Å². The third-order valence-electron chi connectivity index (χ3n) is 4.98. The molecule has 4 heteroatoms. The number of likely N-dealkylation sites (tertiary alicyclic amines) is 1. The van der Waals surface area contributed by atoms with Crippen LogP contribution in [0, 0.1) is 17.2 Å². The van der Waals surface area contributed by atoms with Crippen molar-refractivity contribution < 1.29 is 17.1 Å². The fraction of sp³-hybridized carbons (Fsp3) is 0.588. The number of piperidine rings is 1. The van der Waals surface area contributed by atoms with Crippen molar-refractivity contribution in [2.45, 2.75) is 38.1 Å². The van der Waals surface area contributed by atoms with Gasteiger partial charge < -0.3 is 22.0 Å². The van der Waals surface area contributed by atoms with Crippen molar-refractivity contribution in [1.82, 2.24) is 4.90 Å². The molecule has 1 aromatic rings. The topological polar surface area (TPSA) is 36.3 Å². The van der Waals surface area contributed by atoms with Gasteiger partial charge in [0, 0.05) is 24.4 Å². The van der Waals surface area contributed by atoms with Gasteiger partial charge in [-0.05, 0) is 44.0 Å². The first-order chi connectivity index (χ1) is 9.53. The van der Waals surface area contributed by atoms with Crippen molar-refractivity contribution in [3.8, 4) is 11.8 Å². The average molecular weight is 308 g/mol. The van der Waals surface area contributed by atoms with Gasteiger partial charge in [-0.25, -0.2) is 0 Å². The molecule has 116 valence electrons. The molecule has 0 amide bonds. The molecule has 1 aliphatic heterocycles. The molecule has 1 saturated heterocycles. The Kier molecular flexibility index (Phi) is 6.07. The largest absolute Gasteiger partial charge is 1.00 e. The standard InChI is InChI=1S/C17H24N2O.ClH/c1-13-12-19(3)14(2)11-17(13,9-10-18)15-5-7-16(20-4)8-6-15;/h5-8,13-14H,9,11-12H2,1-4H3;1H/p-1. The van der Waals surface area contributed by atoms with E-state index in [1.807, 2.05) is 12.1 Å². The molecule has 0 spiro atoms. The molecule has 2 rings (SSSR count). The van der Waals surface area contributed by atoms with Gasteiger partial charge in [0.05, 0.1) is 13.2 Å². The minimum absolute atomic E-state index is 0. The van der Waals surface area contributed by atoms with Crippen molar-refractivity contribution in [2.75, 3.05) is 20.7 Å². The lowest BCUT2D eigenvalue weighted by molar-refractivity contribution is -0.00000517. The van der Waals surface area contributed by atoms with Gasteiger partial charge in [-0.15, -0.1) is 0 Å². The molecule has 3 unspecified atom stereocenters. The van der Waals surface area contributed by atoms with Crippen molar-refractivity contribution >= 4 is 0 Å². The van der Waals surface area contributed by atoms with E-state index in [9.17, 15) is 5.26 Å². The summed E-state index contributed by atoms with van der Waals surface area (Å²) in [7, 11) is 3.85. The zero-order valence-corrected chi connectivity index (χ0v) is 14.0. The van der Waals surface area contributed by atoms with Gasteiger partial charge >= 0.3 is 0 Å². The van der Waals surface area contributed by atoms with Gasteiger partial charge in [0.2, 0.25) is 0 Å². The van der Waals surface area contributed by atoms with E-state index in [1.54, 1.807) is 7.11 Å². The number of nitrogens with zero attached hydrogens (tertiary/aromatic N) is 2. The zero-order valence-electron chi connectivity index (χ0n) is 13.3. The Bertz CT molecular complexity index is 497. The maximum atomic E-state index is 9.33. The van der Waals surface area contributed by atoms with E-state index in [2.05, 4.69) is 44.0 Å². The molecule has 1 fully saturated rings. The quantitative estimate of drug-likeness (QED) is 0.801. The van der Waals surface area contributed by atoms with Crippen LogP contribution in [0.15, 0.2) is 24.3 Å². The first-order valence-electron chi connectivity index (χ1n) is 7.25. The molecular weight excluding hydrogens is 284 g/mol. The Morgan fingerprint density at radius 1 is 1.33 bits per heavy atom. The van der Waals surface area contributed by atoms with Crippen molar-refractivity contribution in [3.05, 3.63) is 29.8 Å². The normalized spacial score (nSPS) is 29.3. The Morgan fingerprint density at radius 3 is 2.48 bits per heavy atom. The summed E-state index contributed by atoms with van der Waals surface area (Å²) in [5, 5.41) is 9.33. The second-order valence-corrected chi connectivity index (χ2v) is 6.11. The van der Waals surface area contributed by atoms with Crippen LogP contribution < -0.4 is 17.1 Å². The Morgan fingerprint density at radius 2 is 1.95 bits per heavy atom. The minimum Gasteiger partial charge on any atom is -1.00 e. The van der Waals surface area contributed by atoms with Crippen molar-refractivity contribution in [2.24, 2.45) is 5.92 Å². The first kappa shape index (κ1) is 17.8. The second-order valence-electron chi connectivity index (χ2n) is 6.11. The van der Waals surface area contributed by atoms with E-state index in [1.165, 1.54) is 5.56 Å². The van der Waals surface area contributed by atoms with Crippen LogP contribution in [-0.2, 0) is 5.41 Å². The molecule has 0 radical (unpaired) electrons. The third kappa shape index (κ3) is 3.33. The van der Waals surface area contributed by atoms with Gasteiger partial charge in [0.25, 0.3) is 0 Å². The smallest absolute Gasteiger partial charge is 0.118 e. The van der Waals surface area contributed by atoms with Gasteiger partial charge in [0.15, 0.2) is 0 Å². The van der Waals surface area contributed by atoms with Crippen molar-refractivity contribution in [1.29, 1.82) is 5.26 Å². The average Bonchev–Trinajstić information content (AvgIpc) is 2.45. The monoisotopic (exact) mass is 307 g/mol. The Hall–Kier alpha value is -1.24. The van der Waals surface area contributed by atoms with Gasteiger partial charge in [-0.2, -0.15) is 5.26 Å². The first-order valence-corrected chi connectivity index (χ1v) is 7.25. The third-order valence-corrected chi connectivity index (χ3v) is 4.98. The highest BCUT2D eigenvalue weighted by atomic mass is 35.5. The number of benzene rings is 1. The molecule has 1 aliphatic rings. The maximum Gasteiger partial charge on any atom is 0.118 e. The predicted molar refractivity (Wildman–Crippen MR) is 80.8 cm³/mol. The lowest BCUT2D eigenvalue weighted by Gasteiger charge is -2.48. The fourth-order valence-electron chi connectivity index (χ4n) is 3.49. The number of halogens is 1. The number of hydrogen-bond acceptors (Lipinski definition) is 3. The number of ether oxygens (including phenoxy) is 1. The number of rotatable bonds is 3. The summed E-state index contributed by atoms with van der Waals surface area (Å²) >= 11 is 0. The number of methoxy groups -OCH3 is 1. The van der Waals surface area contributed by atoms with E-state index in [-0.39, 0.29) is 17.8 Å². The number of nitriles is 1. The van der Waals surface area contributed by atoms with E-state index in [0.717, 1.165) is 18.7 Å². The molecule has 0 N–H and O–H groups in total. The predicted octanol–water partition coefficient (Wildman–Crippen LogP) is 0.211. The number of hydrogen-bond donors (Lipinski definition) is 0. The molecule has 0 bridgehead atoms. The summed E-state index contributed by atoms with van der Waals surface area (Å²) in [5.41, 5.74) is 1.24. The molecule has 3 nitrogen and oxygen atoms in total.